The molecule has 0 atom stereocenters. The lowest BCUT2D eigenvalue weighted by molar-refractivity contribution is -0.121. The number of urea groups is 1. The van der Waals surface area contributed by atoms with Crippen LogP contribution in [-0.4, -0.2) is 76.7 Å². The number of benzene rings is 2. The Labute approximate surface area is 247 Å². The van der Waals surface area contributed by atoms with Crippen LogP contribution in [0.3, 0.4) is 0 Å². The van der Waals surface area contributed by atoms with Gasteiger partial charge >= 0.3 is 6.03 Å². The number of rotatable bonds is 11. The molecule has 1 aliphatic heterocycles. The molecular weight excluding hydrogens is 568 g/mol. The number of carbonyl (C=O) groups is 2. The fourth-order valence-electron chi connectivity index (χ4n) is 4.09. The molecule has 222 valence electrons. The second-order valence-electron chi connectivity index (χ2n) is 9.49. The van der Waals surface area contributed by atoms with Gasteiger partial charge < -0.3 is 24.6 Å². The molecule has 0 saturated carbocycles. The summed E-state index contributed by atoms with van der Waals surface area (Å²) in [5, 5.41) is 7.73. The van der Waals surface area contributed by atoms with Gasteiger partial charge in [-0.25, -0.2) is 23.5 Å². The van der Waals surface area contributed by atoms with E-state index in [2.05, 4.69) is 30.8 Å². The van der Waals surface area contributed by atoms with Gasteiger partial charge in [0.25, 0.3) is 5.91 Å². The average molecular weight is 600 g/mol. The molecule has 11 nitrogen and oxygen atoms in total. The van der Waals surface area contributed by atoms with E-state index in [0.717, 1.165) is 32.1 Å². The van der Waals surface area contributed by atoms with Crippen molar-refractivity contribution in [2.75, 3.05) is 50.5 Å². The van der Waals surface area contributed by atoms with E-state index in [-0.39, 0.29) is 40.9 Å². The zero-order valence-corrected chi connectivity index (χ0v) is 23.8. The van der Waals surface area contributed by atoms with Crippen molar-refractivity contribution in [1.82, 2.24) is 25.1 Å². The van der Waals surface area contributed by atoms with Crippen LogP contribution in [0, 0.1) is 11.6 Å². The molecule has 3 aromatic rings. The Morgan fingerprint density at radius 3 is 2.55 bits per heavy atom. The number of halogens is 2. The molecule has 0 aliphatic carbocycles. The van der Waals surface area contributed by atoms with E-state index in [4.69, 9.17) is 21.7 Å². The Hall–Kier alpha value is -4.43. The van der Waals surface area contributed by atoms with Gasteiger partial charge in [0.15, 0.2) is 23.3 Å². The van der Waals surface area contributed by atoms with Crippen molar-refractivity contribution in [2.24, 2.45) is 0 Å². The van der Waals surface area contributed by atoms with Crippen LogP contribution in [0.4, 0.5) is 25.1 Å². The highest BCUT2D eigenvalue weighted by Crippen LogP contribution is 2.26. The van der Waals surface area contributed by atoms with Gasteiger partial charge in [-0.15, -0.1) is 0 Å². The van der Waals surface area contributed by atoms with Crippen LogP contribution >= 0.6 is 12.2 Å². The largest absolute Gasteiger partial charge is 0.484 e. The van der Waals surface area contributed by atoms with E-state index >= 15 is 0 Å². The number of likely N-dealkylation sites (tertiary alicyclic amines) is 1. The Morgan fingerprint density at radius 1 is 1.05 bits per heavy atom. The number of hydrogen-bond donors (Lipinski definition) is 3. The number of aromatic nitrogens is 2. The number of thiocarbonyl (C=S) groups is 1. The Balaban J connectivity index is 1.23. The third-order valence-electron chi connectivity index (χ3n) is 6.23. The molecule has 0 radical (unpaired) electrons. The standard InChI is InChI=1S/C28H31F2N7O4S/c1-36(11-4-14-37-12-2-3-13-37)28(39)34-24-16-26(32-18-31-24)41-23-10-7-20(15-22(23)30)33-27(42)35-25(38)17-40-21-8-5-19(29)6-9-21/h5-10,15-16,18H,2-4,11-14,17H2,1H3,(H,31,32,34,39)(H2,33,35,38,42). The van der Waals surface area contributed by atoms with Gasteiger partial charge in [-0.3, -0.25) is 15.4 Å². The van der Waals surface area contributed by atoms with E-state index in [1.54, 1.807) is 11.9 Å². The van der Waals surface area contributed by atoms with E-state index in [9.17, 15) is 18.4 Å². The van der Waals surface area contributed by atoms with Gasteiger partial charge in [-0.1, -0.05) is 0 Å². The van der Waals surface area contributed by atoms with Crippen LogP contribution in [0.1, 0.15) is 19.3 Å². The van der Waals surface area contributed by atoms with Gasteiger partial charge in [0.2, 0.25) is 5.88 Å². The number of nitrogens with zero attached hydrogens (tertiary/aromatic N) is 4. The smallest absolute Gasteiger partial charge is 0.322 e. The predicted octanol–water partition coefficient (Wildman–Crippen LogP) is 4.39. The summed E-state index contributed by atoms with van der Waals surface area (Å²) in [6, 6.07) is 10.2. The van der Waals surface area contributed by atoms with Crippen LogP contribution in [-0.2, 0) is 4.79 Å². The van der Waals surface area contributed by atoms with Crippen molar-refractivity contribution in [3.63, 3.8) is 0 Å². The van der Waals surface area contributed by atoms with Crippen LogP contribution < -0.4 is 25.4 Å². The summed E-state index contributed by atoms with van der Waals surface area (Å²) < 4.78 is 38.5. The van der Waals surface area contributed by atoms with Crippen molar-refractivity contribution < 1.29 is 27.8 Å². The highest BCUT2D eigenvalue weighted by atomic mass is 32.1. The van der Waals surface area contributed by atoms with Crippen molar-refractivity contribution in [3.8, 4) is 17.4 Å². The van der Waals surface area contributed by atoms with E-state index in [1.807, 2.05) is 0 Å². The quantitative estimate of drug-likeness (QED) is 0.276. The summed E-state index contributed by atoms with van der Waals surface area (Å²) in [7, 11) is 1.71. The van der Waals surface area contributed by atoms with Crippen molar-refractivity contribution in [2.45, 2.75) is 19.3 Å². The first-order valence-corrected chi connectivity index (χ1v) is 13.7. The van der Waals surface area contributed by atoms with Crippen LogP contribution in [0.5, 0.6) is 17.4 Å². The predicted molar refractivity (Wildman–Crippen MR) is 157 cm³/mol. The number of amides is 3. The van der Waals surface area contributed by atoms with Crippen LogP contribution in [0.2, 0.25) is 0 Å². The maximum Gasteiger partial charge on any atom is 0.322 e. The minimum Gasteiger partial charge on any atom is -0.484 e. The maximum atomic E-state index is 14.8. The zero-order valence-electron chi connectivity index (χ0n) is 22.9. The molecule has 14 heteroatoms. The second kappa shape index (κ2) is 15.0. The highest BCUT2D eigenvalue weighted by Gasteiger charge is 2.15. The topological polar surface area (TPSA) is 121 Å². The van der Waals surface area contributed by atoms with Crippen molar-refractivity contribution in [1.29, 1.82) is 0 Å². The molecule has 0 unspecified atom stereocenters. The number of nitrogens with one attached hydrogen (secondary N) is 3. The van der Waals surface area contributed by atoms with Gasteiger partial charge in [-0.2, -0.15) is 0 Å². The van der Waals surface area contributed by atoms with Crippen molar-refractivity contribution in [3.05, 3.63) is 66.5 Å². The summed E-state index contributed by atoms with van der Waals surface area (Å²) in [5.74, 6) is -1.28. The SMILES string of the molecule is CN(CCCN1CCCC1)C(=O)Nc1cc(Oc2ccc(NC(=S)NC(=O)COc3ccc(F)cc3)cc2F)ncn1. The van der Waals surface area contributed by atoms with E-state index in [0.29, 0.717) is 12.3 Å². The molecule has 1 saturated heterocycles. The second-order valence-corrected chi connectivity index (χ2v) is 9.90. The number of anilines is 2. The molecule has 4 rings (SSSR count). The number of carbonyl (C=O) groups excluding carboxylic acids is 2. The summed E-state index contributed by atoms with van der Waals surface area (Å²) in [4.78, 5) is 36.6. The third kappa shape index (κ3) is 9.59. The lowest BCUT2D eigenvalue weighted by Gasteiger charge is -2.20. The molecule has 3 amide bonds. The van der Waals surface area contributed by atoms with Gasteiger partial charge in [-0.05, 0) is 87.5 Å². The summed E-state index contributed by atoms with van der Waals surface area (Å²) in [5.41, 5.74) is 0.257. The van der Waals surface area contributed by atoms with E-state index < -0.39 is 17.5 Å². The normalized spacial score (nSPS) is 12.8. The fraction of sp³-hybridized carbons (Fsp3) is 0.321. The van der Waals surface area contributed by atoms with Crippen molar-refractivity contribution >= 4 is 40.8 Å². The van der Waals surface area contributed by atoms with Gasteiger partial charge in [0.1, 0.15) is 23.7 Å². The molecule has 42 heavy (non-hydrogen) atoms. The maximum absolute atomic E-state index is 14.8. The third-order valence-corrected chi connectivity index (χ3v) is 6.44. The highest BCUT2D eigenvalue weighted by molar-refractivity contribution is 7.80. The fourth-order valence-corrected chi connectivity index (χ4v) is 4.32. The Kier molecular flexibility index (Phi) is 10.9. The van der Waals surface area contributed by atoms with Gasteiger partial charge in [0.05, 0.1) is 0 Å². The minimum atomic E-state index is -0.726. The molecule has 0 bridgehead atoms. The molecule has 1 aliphatic rings. The lowest BCUT2D eigenvalue weighted by Crippen LogP contribution is -2.37. The van der Waals surface area contributed by atoms with Crippen LogP contribution in [0.15, 0.2) is 54.9 Å². The molecule has 3 N–H and O–H groups in total. The first-order valence-electron chi connectivity index (χ1n) is 13.3. The Morgan fingerprint density at radius 2 is 1.81 bits per heavy atom. The number of ether oxygens (including phenoxy) is 2. The molecule has 2 heterocycles. The molecule has 0 spiro atoms. The molecule has 2 aromatic carbocycles. The zero-order chi connectivity index (χ0) is 29.9. The summed E-state index contributed by atoms with van der Waals surface area (Å²) >= 11 is 5.10. The monoisotopic (exact) mass is 599 g/mol. The molecule has 1 fully saturated rings. The average Bonchev–Trinajstić information content (AvgIpc) is 3.48. The molecule has 1 aromatic heterocycles. The lowest BCUT2D eigenvalue weighted by atomic mass is 10.3. The first kappa shape index (κ1) is 30.5. The van der Waals surface area contributed by atoms with Gasteiger partial charge in [0, 0.05) is 31.4 Å². The Bertz CT molecular complexity index is 1390. The summed E-state index contributed by atoms with van der Waals surface area (Å²) in [6.45, 7) is 3.42. The van der Waals surface area contributed by atoms with E-state index in [1.165, 1.54) is 61.6 Å². The number of hydrogen-bond acceptors (Lipinski definition) is 8. The first-order chi connectivity index (χ1) is 20.2. The minimum absolute atomic E-state index is 0.0283. The molecular formula is C28H31F2N7O4S. The van der Waals surface area contributed by atoms with Crippen LogP contribution in [0.25, 0.3) is 0 Å². The summed E-state index contributed by atoms with van der Waals surface area (Å²) in [6.07, 6.45) is 4.53.